The second-order valence-electron chi connectivity index (χ2n) is 6.01. The fraction of sp³-hybridized carbons (Fsp3) is 0.0476. The van der Waals surface area contributed by atoms with Gasteiger partial charge in [-0.15, -0.1) is 0 Å². The van der Waals surface area contributed by atoms with Crippen molar-refractivity contribution in [1.29, 1.82) is 0 Å². The second kappa shape index (κ2) is 7.62. The van der Waals surface area contributed by atoms with Crippen molar-refractivity contribution >= 4 is 44.3 Å². The van der Waals surface area contributed by atoms with Crippen molar-refractivity contribution in [3.63, 3.8) is 0 Å². The van der Waals surface area contributed by atoms with E-state index in [0.717, 1.165) is 20.9 Å². The van der Waals surface area contributed by atoms with Crippen molar-refractivity contribution in [2.75, 3.05) is 5.32 Å². The molecule has 1 N–H and O–H groups in total. The van der Waals surface area contributed by atoms with Crippen LogP contribution in [-0.2, 0) is 6.54 Å². The average Bonchev–Trinajstić information content (AvgIpc) is 2.68. The molecule has 4 aromatic rings. The molecular formula is C21H14BrClFN3. The maximum atomic E-state index is 14.0. The summed E-state index contributed by atoms with van der Waals surface area (Å²) in [6.45, 7) is 0.311. The van der Waals surface area contributed by atoms with Crippen LogP contribution in [0.3, 0.4) is 0 Å². The molecule has 3 nitrogen and oxygen atoms in total. The fourth-order valence-electron chi connectivity index (χ4n) is 2.78. The van der Waals surface area contributed by atoms with Crippen LogP contribution >= 0.6 is 27.5 Å². The van der Waals surface area contributed by atoms with Crippen molar-refractivity contribution in [1.82, 2.24) is 9.97 Å². The third-order valence-corrected chi connectivity index (χ3v) is 4.93. The van der Waals surface area contributed by atoms with Gasteiger partial charge in [-0.3, -0.25) is 0 Å². The Morgan fingerprint density at radius 3 is 2.52 bits per heavy atom. The fourth-order valence-corrected chi connectivity index (χ4v) is 3.22. The summed E-state index contributed by atoms with van der Waals surface area (Å²) in [5.41, 5.74) is 2.23. The molecule has 0 fully saturated rings. The number of fused-ring (bicyclic) bond motifs is 1. The van der Waals surface area contributed by atoms with E-state index in [1.54, 1.807) is 18.2 Å². The lowest BCUT2D eigenvalue weighted by Gasteiger charge is -2.12. The molecule has 0 aliphatic rings. The van der Waals surface area contributed by atoms with Crippen LogP contribution in [0.15, 0.2) is 71.2 Å². The van der Waals surface area contributed by atoms with Gasteiger partial charge < -0.3 is 5.32 Å². The van der Waals surface area contributed by atoms with Crippen LogP contribution in [0.4, 0.5) is 10.2 Å². The van der Waals surface area contributed by atoms with Crippen molar-refractivity contribution in [3.05, 3.63) is 87.6 Å². The first-order chi connectivity index (χ1) is 13.1. The molecule has 0 amide bonds. The first-order valence-corrected chi connectivity index (χ1v) is 9.48. The molecule has 0 aliphatic carbocycles. The van der Waals surface area contributed by atoms with Crippen LogP contribution < -0.4 is 5.32 Å². The van der Waals surface area contributed by atoms with Crippen molar-refractivity contribution in [2.45, 2.75) is 6.54 Å². The molecule has 6 heteroatoms. The van der Waals surface area contributed by atoms with E-state index in [1.165, 1.54) is 6.07 Å². The molecule has 0 spiro atoms. The predicted molar refractivity (Wildman–Crippen MR) is 111 cm³/mol. The molecule has 0 radical (unpaired) electrons. The van der Waals surface area contributed by atoms with E-state index in [9.17, 15) is 4.39 Å². The first kappa shape index (κ1) is 17.9. The lowest BCUT2D eigenvalue weighted by atomic mass is 10.1. The van der Waals surface area contributed by atoms with Crippen LogP contribution in [0, 0.1) is 5.82 Å². The number of nitrogens with one attached hydrogen (secondary N) is 1. The highest BCUT2D eigenvalue weighted by Gasteiger charge is 2.11. The lowest BCUT2D eigenvalue weighted by Crippen LogP contribution is -2.05. The van der Waals surface area contributed by atoms with Crippen LogP contribution in [0.5, 0.6) is 0 Å². The van der Waals surface area contributed by atoms with E-state index < -0.39 is 0 Å². The SMILES string of the molecule is Fc1ccccc1CNc1nc(-c2ccc(Br)cc2)nc2ccc(Cl)cc12. The highest BCUT2D eigenvalue weighted by Crippen LogP contribution is 2.28. The van der Waals surface area contributed by atoms with Gasteiger partial charge >= 0.3 is 0 Å². The van der Waals surface area contributed by atoms with Crippen LogP contribution in [0.1, 0.15) is 5.56 Å². The molecule has 1 heterocycles. The van der Waals surface area contributed by atoms with E-state index in [-0.39, 0.29) is 5.82 Å². The zero-order valence-corrected chi connectivity index (χ0v) is 16.4. The molecule has 0 aliphatic heterocycles. The largest absolute Gasteiger partial charge is 0.365 e. The third-order valence-electron chi connectivity index (χ3n) is 4.16. The van der Waals surface area contributed by atoms with Gasteiger partial charge in [0.1, 0.15) is 11.6 Å². The Bertz CT molecular complexity index is 1120. The summed E-state index contributed by atoms with van der Waals surface area (Å²) in [5.74, 6) is 0.951. The van der Waals surface area contributed by atoms with E-state index in [4.69, 9.17) is 11.6 Å². The maximum absolute atomic E-state index is 14.0. The summed E-state index contributed by atoms with van der Waals surface area (Å²) in [7, 11) is 0. The summed E-state index contributed by atoms with van der Waals surface area (Å²) in [6.07, 6.45) is 0. The number of hydrogen-bond acceptors (Lipinski definition) is 3. The number of nitrogens with zero attached hydrogens (tertiary/aromatic N) is 2. The molecule has 0 bridgehead atoms. The van der Waals surface area contributed by atoms with Gasteiger partial charge in [0.15, 0.2) is 5.82 Å². The quantitative estimate of drug-likeness (QED) is 0.394. The van der Waals surface area contributed by atoms with Crippen LogP contribution in [0.2, 0.25) is 5.02 Å². The molecule has 0 saturated carbocycles. The third kappa shape index (κ3) is 3.94. The Balaban J connectivity index is 1.78. The Kier molecular flexibility index (Phi) is 5.05. The minimum absolute atomic E-state index is 0.255. The Morgan fingerprint density at radius 2 is 1.74 bits per heavy atom. The van der Waals surface area contributed by atoms with Gasteiger partial charge in [-0.1, -0.05) is 57.9 Å². The standard InChI is InChI=1S/C21H14BrClFN3/c22-15-7-5-13(6-8-15)20-26-19-10-9-16(23)11-17(19)21(27-20)25-12-14-3-1-2-4-18(14)24/h1-11H,12H2,(H,25,26,27). The number of anilines is 1. The minimum Gasteiger partial charge on any atom is -0.365 e. The molecule has 27 heavy (non-hydrogen) atoms. The monoisotopic (exact) mass is 441 g/mol. The van der Waals surface area contributed by atoms with E-state index in [0.29, 0.717) is 28.8 Å². The van der Waals surface area contributed by atoms with E-state index in [2.05, 4.69) is 31.2 Å². The Labute approximate surface area is 169 Å². The number of halogens is 3. The highest BCUT2D eigenvalue weighted by atomic mass is 79.9. The van der Waals surface area contributed by atoms with E-state index >= 15 is 0 Å². The lowest BCUT2D eigenvalue weighted by molar-refractivity contribution is 0.613. The summed E-state index contributed by atoms with van der Waals surface area (Å²) in [6, 6.07) is 19.9. The summed E-state index contributed by atoms with van der Waals surface area (Å²) in [4.78, 5) is 9.32. The first-order valence-electron chi connectivity index (χ1n) is 8.31. The maximum Gasteiger partial charge on any atom is 0.162 e. The summed E-state index contributed by atoms with van der Waals surface area (Å²) >= 11 is 9.59. The molecule has 134 valence electrons. The van der Waals surface area contributed by atoms with Gasteiger partial charge in [-0.25, -0.2) is 14.4 Å². The number of benzene rings is 3. The van der Waals surface area contributed by atoms with Gasteiger partial charge in [-0.2, -0.15) is 0 Å². The Hall–Kier alpha value is -2.50. The normalized spacial score (nSPS) is 10.9. The highest BCUT2D eigenvalue weighted by molar-refractivity contribution is 9.10. The summed E-state index contributed by atoms with van der Waals surface area (Å²) in [5, 5.41) is 4.62. The molecule has 1 aromatic heterocycles. The second-order valence-corrected chi connectivity index (χ2v) is 7.36. The average molecular weight is 443 g/mol. The Morgan fingerprint density at radius 1 is 0.963 bits per heavy atom. The minimum atomic E-state index is -0.255. The summed E-state index contributed by atoms with van der Waals surface area (Å²) < 4.78 is 14.9. The predicted octanol–water partition coefficient (Wildman–Crippen LogP) is 6.46. The molecule has 4 rings (SSSR count). The number of aromatic nitrogens is 2. The van der Waals surface area contributed by atoms with Gasteiger partial charge in [-0.05, 0) is 36.4 Å². The van der Waals surface area contributed by atoms with Crippen molar-refractivity contribution in [2.24, 2.45) is 0 Å². The van der Waals surface area contributed by atoms with Crippen molar-refractivity contribution in [3.8, 4) is 11.4 Å². The van der Waals surface area contributed by atoms with Crippen LogP contribution in [0.25, 0.3) is 22.3 Å². The molecule has 3 aromatic carbocycles. The molecular weight excluding hydrogens is 429 g/mol. The van der Waals surface area contributed by atoms with Gasteiger partial charge in [0, 0.05) is 32.6 Å². The zero-order chi connectivity index (χ0) is 18.8. The number of rotatable bonds is 4. The number of hydrogen-bond donors (Lipinski definition) is 1. The van der Waals surface area contributed by atoms with Gasteiger partial charge in [0.25, 0.3) is 0 Å². The smallest absolute Gasteiger partial charge is 0.162 e. The van der Waals surface area contributed by atoms with E-state index in [1.807, 2.05) is 42.5 Å². The molecule has 0 unspecified atom stereocenters. The molecule has 0 atom stereocenters. The zero-order valence-electron chi connectivity index (χ0n) is 14.1. The van der Waals surface area contributed by atoms with Crippen molar-refractivity contribution < 1.29 is 4.39 Å². The van der Waals surface area contributed by atoms with Gasteiger partial charge in [0.2, 0.25) is 0 Å². The van der Waals surface area contributed by atoms with Gasteiger partial charge in [0.05, 0.1) is 5.52 Å². The van der Waals surface area contributed by atoms with Crippen LogP contribution in [-0.4, -0.2) is 9.97 Å². The topological polar surface area (TPSA) is 37.8 Å². The molecule has 0 saturated heterocycles.